The molecule has 3 aliphatic rings. The molecule has 5 rings (SSSR count). The Morgan fingerprint density at radius 3 is 2.13 bits per heavy atom. The van der Waals surface area contributed by atoms with Crippen molar-refractivity contribution < 1.29 is 45.4 Å². The lowest BCUT2D eigenvalue weighted by Crippen LogP contribution is -2.47. The minimum atomic E-state index is -5.08. The fraction of sp³-hybridized carbons (Fsp3) is 0.633. The largest absolute Gasteiger partial charge is 0.497 e. The maximum atomic E-state index is 13.8. The Kier molecular flexibility index (Phi) is 11.1. The second-order valence-corrected chi connectivity index (χ2v) is 14.0. The van der Waals surface area contributed by atoms with E-state index >= 15 is 0 Å². The van der Waals surface area contributed by atoms with Gasteiger partial charge in [-0.2, -0.15) is 17.5 Å². The number of halogens is 3. The number of likely N-dealkylation sites (N-methyl/N-ethyl adjacent to an activating group) is 1. The predicted molar refractivity (Wildman–Crippen MR) is 161 cm³/mol. The average Bonchev–Trinajstić information content (AvgIpc) is 3.49. The summed E-state index contributed by atoms with van der Waals surface area (Å²) in [6, 6.07) is 4.26. The number of carboxylic acid groups (broad SMARTS) is 1. The number of methoxy groups -OCH3 is 1. The molecule has 1 aliphatic carbocycles. The van der Waals surface area contributed by atoms with Gasteiger partial charge in [-0.25, -0.2) is 18.2 Å². The number of sulfonamides is 1. The van der Waals surface area contributed by atoms with Crippen molar-refractivity contribution in [1.82, 2.24) is 24.0 Å². The van der Waals surface area contributed by atoms with Crippen LogP contribution in [0, 0.1) is 13.8 Å². The highest BCUT2D eigenvalue weighted by Crippen LogP contribution is 2.36. The van der Waals surface area contributed by atoms with Crippen molar-refractivity contribution in [2.75, 3.05) is 47.4 Å². The van der Waals surface area contributed by atoms with Gasteiger partial charge in [-0.05, 0) is 96.4 Å². The molecule has 2 aliphatic heterocycles. The summed E-state index contributed by atoms with van der Waals surface area (Å²) in [5.41, 5.74) is 1.50. The van der Waals surface area contributed by atoms with Gasteiger partial charge >= 0.3 is 12.1 Å². The Morgan fingerprint density at radius 1 is 1.04 bits per heavy atom. The molecular formula is C30H42F3N5O7S. The highest BCUT2D eigenvalue weighted by atomic mass is 32.2. The number of carboxylic acids is 1. The fourth-order valence-corrected chi connectivity index (χ4v) is 8.11. The zero-order chi connectivity index (χ0) is 34.0. The first-order valence-corrected chi connectivity index (χ1v) is 16.6. The van der Waals surface area contributed by atoms with Crippen LogP contribution in [0.2, 0.25) is 0 Å². The third-order valence-electron chi connectivity index (χ3n) is 8.79. The molecule has 2 aromatic rings. The van der Waals surface area contributed by atoms with Crippen LogP contribution in [0.1, 0.15) is 59.6 Å². The van der Waals surface area contributed by atoms with E-state index in [0.29, 0.717) is 42.0 Å². The summed E-state index contributed by atoms with van der Waals surface area (Å²) >= 11 is 0. The molecule has 3 heterocycles. The lowest BCUT2D eigenvalue weighted by molar-refractivity contribution is -0.192. The molecule has 12 nitrogen and oxygen atoms in total. The van der Waals surface area contributed by atoms with Gasteiger partial charge in [0.15, 0.2) is 5.69 Å². The Labute approximate surface area is 267 Å². The van der Waals surface area contributed by atoms with E-state index in [1.165, 1.54) is 10.6 Å². The summed E-state index contributed by atoms with van der Waals surface area (Å²) in [5, 5.41) is 7.12. The number of hydrogen-bond donors (Lipinski definition) is 1. The van der Waals surface area contributed by atoms with Crippen LogP contribution in [0.5, 0.6) is 5.75 Å². The van der Waals surface area contributed by atoms with Gasteiger partial charge < -0.3 is 24.1 Å². The predicted octanol–water partition coefficient (Wildman–Crippen LogP) is 3.53. The Morgan fingerprint density at radius 2 is 1.61 bits per heavy atom. The first-order chi connectivity index (χ1) is 21.5. The van der Waals surface area contributed by atoms with E-state index in [9.17, 15) is 26.4 Å². The molecule has 0 spiro atoms. The Bertz CT molecular complexity index is 1480. The molecule has 3 fully saturated rings. The molecule has 2 saturated heterocycles. The van der Waals surface area contributed by atoms with Gasteiger partial charge in [-0.1, -0.05) is 0 Å². The van der Waals surface area contributed by atoms with Gasteiger partial charge in [0.25, 0.3) is 5.91 Å². The summed E-state index contributed by atoms with van der Waals surface area (Å²) in [7, 11) is 2.11. The molecule has 16 heteroatoms. The summed E-state index contributed by atoms with van der Waals surface area (Å²) < 4.78 is 71.8. The number of aryl methyl sites for hydroxylation is 2. The third kappa shape index (κ3) is 8.38. The van der Waals surface area contributed by atoms with Crippen LogP contribution >= 0.6 is 0 Å². The number of oxazole rings is 1. The highest BCUT2D eigenvalue weighted by Gasteiger charge is 2.41. The number of aromatic nitrogens is 1. The van der Waals surface area contributed by atoms with E-state index in [0.717, 1.165) is 45.2 Å². The molecule has 1 amide bonds. The SMILES string of the molecule is COc1cc(C)c(S(=O)(=O)N(Cc2nc(C(=O)N3CCC(N(C)C4CCN(C)CC4)C3)co2)C2CC2)c(C)c1.O=C(O)C(F)(F)F. The Hall–Kier alpha value is -3.21. The molecule has 0 radical (unpaired) electrons. The number of carbonyl (C=O) groups excluding carboxylic acids is 1. The molecule has 1 atom stereocenters. The second-order valence-electron chi connectivity index (χ2n) is 12.2. The fourth-order valence-electron chi connectivity index (χ4n) is 6.06. The van der Waals surface area contributed by atoms with Crippen molar-refractivity contribution in [3.8, 4) is 5.75 Å². The standard InChI is InChI=1S/C28H41N5O5S.C2HF3O2/c1-19-14-24(37-5)15-20(2)27(19)39(35,36)33(22-6-7-22)17-26-29-25(18-38-26)28(34)32-13-10-23(16-32)31(4)21-8-11-30(3)12-9-21;3-2(4,5)1(6)7/h14-15,18,21-23H,6-13,16-17H2,1-5H3;(H,6,7). The van der Waals surface area contributed by atoms with Crippen molar-refractivity contribution in [2.24, 2.45) is 0 Å². The molecule has 1 N–H and O–H groups in total. The lowest BCUT2D eigenvalue weighted by atomic mass is 10.0. The van der Waals surface area contributed by atoms with Crippen LogP contribution in [-0.2, 0) is 21.4 Å². The smallest absolute Gasteiger partial charge is 0.490 e. The summed E-state index contributed by atoms with van der Waals surface area (Å²) in [6.07, 6.45) is 1.11. The number of amides is 1. The normalized spacial score (nSPS) is 19.8. The van der Waals surface area contributed by atoms with Crippen molar-refractivity contribution in [3.05, 3.63) is 41.1 Å². The van der Waals surface area contributed by atoms with E-state index in [-0.39, 0.29) is 35.0 Å². The number of nitrogens with zero attached hydrogens (tertiary/aromatic N) is 5. The first-order valence-electron chi connectivity index (χ1n) is 15.1. The van der Waals surface area contributed by atoms with Gasteiger partial charge in [0, 0.05) is 31.2 Å². The van der Waals surface area contributed by atoms with Gasteiger partial charge in [-0.15, -0.1) is 0 Å². The van der Waals surface area contributed by atoms with E-state index in [4.69, 9.17) is 19.1 Å². The topological polar surface area (TPSA) is 137 Å². The maximum Gasteiger partial charge on any atom is 0.490 e. The van der Waals surface area contributed by atoms with Gasteiger partial charge in [0.2, 0.25) is 15.9 Å². The van der Waals surface area contributed by atoms with Crippen LogP contribution in [-0.4, -0.2) is 121 Å². The van der Waals surface area contributed by atoms with Crippen LogP contribution in [0.15, 0.2) is 27.7 Å². The molecule has 1 unspecified atom stereocenters. The van der Waals surface area contributed by atoms with E-state index < -0.39 is 22.2 Å². The van der Waals surface area contributed by atoms with Gasteiger partial charge in [0.05, 0.1) is 18.6 Å². The quantitative estimate of drug-likeness (QED) is 0.421. The lowest BCUT2D eigenvalue weighted by Gasteiger charge is -2.38. The van der Waals surface area contributed by atoms with Crippen LogP contribution < -0.4 is 4.74 Å². The van der Waals surface area contributed by atoms with Crippen molar-refractivity contribution >= 4 is 21.9 Å². The summed E-state index contributed by atoms with van der Waals surface area (Å²) in [5.74, 6) is -2.06. The third-order valence-corrected chi connectivity index (χ3v) is 11.0. The zero-order valence-electron chi connectivity index (χ0n) is 26.7. The second kappa shape index (κ2) is 14.3. The molecular weight excluding hydrogens is 631 g/mol. The number of alkyl halides is 3. The van der Waals surface area contributed by atoms with E-state index in [1.54, 1.807) is 33.1 Å². The van der Waals surface area contributed by atoms with E-state index in [2.05, 4.69) is 28.9 Å². The summed E-state index contributed by atoms with van der Waals surface area (Å²) in [6.45, 7) is 7.12. The number of hydrogen-bond acceptors (Lipinski definition) is 9. The minimum Gasteiger partial charge on any atom is -0.497 e. The molecule has 1 saturated carbocycles. The molecule has 1 aromatic carbocycles. The minimum absolute atomic E-state index is 0.00726. The number of carbonyl (C=O) groups is 2. The first kappa shape index (κ1) is 35.6. The average molecular weight is 674 g/mol. The van der Waals surface area contributed by atoms with Crippen LogP contribution in [0.25, 0.3) is 0 Å². The van der Waals surface area contributed by atoms with Crippen molar-refractivity contribution in [2.45, 2.75) is 81.7 Å². The van der Waals surface area contributed by atoms with Crippen molar-refractivity contribution in [3.63, 3.8) is 0 Å². The number of benzene rings is 1. The Balaban J connectivity index is 0.000000617. The number of likely N-dealkylation sites (tertiary alicyclic amines) is 2. The molecule has 46 heavy (non-hydrogen) atoms. The van der Waals surface area contributed by atoms with Gasteiger partial charge in [-0.3, -0.25) is 9.69 Å². The maximum absolute atomic E-state index is 13.8. The highest BCUT2D eigenvalue weighted by molar-refractivity contribution is 7.89. The molecule has 256 valence electrons. The monoisotopic (exact) mass is 673 g/mol. The van der Waals surface area contributed by atoms with E-state index in [1.807, 2.05) is 4.90 Å². The number of aliphatic carboxylic acids is 1. The number of rotatable bonds is 9. The molecule has 1 aromatic heterocycles. The number of ether oxygens (including phenoxy) is 1. The van der Waals surface area contributed by atoms with Crippen LogP contribution in [0.3, 0.4) is 0 Å². The van der Waals surface area contributed by atoms with Crippen LogP contribution in [0.4, 0.5) is 13.2 Å². The number of piperidine rings is 1. The van der Waals surface area contributed by atoms with Gasteiger partial charge in [0.1, 0.15) is 12.0 Å². The summed E-state index contributed by atoms with van der Waals surface area (Å²) in [4.78, 5) is 33.6. The zero-order valence-corrected chi connectivity index (χ0v) is 27.5. The molecule has 0 bridgehead atoms. The van der Waals surface area contributed by atoms with Crippen molar-refractivity contribution in [1.29, 1.82) is 0 Å².